The molecule has 152 valence electrons. The molecule has 0 saturated carbocycles. The first kappa shape index (κ1) is 21.3. The first-order valence-electron chi connectivity index (χ1n) is 8.51. The fraction of sp³-hybridized carbons (Fsp3) is 0.158. The smallest absolute Gasteiger partial charge is 0.280 e. The van der Waals surface area contributed by atoms with Crippen molar-refractivity contribution in [3.63, 3.8) is 0 Å². The van der Waals surface area contributed by atoms with Crippen molar-refractivity contribution in [2.75, 3.05) is 11.6 Å². The van der Waals surface area contributed by atoms with Crippen molar-refractivity contribution in [3.8, 4) is 11.5 Å². The van der Waals surface area contributed by atoms with Gasteiger partial charge in [0.05, 0.1) is 32.0 Å². The number of hydrogen-bond acceptors (Lipinski definition) is 6. The Kier molecular flexibility index (Phi) is 5.96. The van der Waals surface area contributed by atoms with Crippen molar-refractivity contribution in [1.82, 2.24) is 0 Å². The maximum absolute atomic E-state index is 12.9. The number of carbonyl (C=O) groups is 1. The van der Waals surface area contributed by atoms with Crippen LogP contribution >= 0.6 is 22.6 Å². The molecule has 2 aromatic rings. The van der Waals surface area contributed by atoms with E-state index in [9.17, 15) is 18.3 Å². The molecule has 10 heteroatoms. The summed E-state index contributed by atoms with van der Waals surface area (Å²) in [6, 6.07) is 8.96. The van der Waals surface area contributed by atoms with Crippen LogP contribution in [0.4, 0.5) is 5.69 Å². The van der Waals surface area contributed by atoms with Gasteiger partial charge in [0.2, 0.25) is 10.0 Å². The highest BCUT2D eigenvalue weighted by atomic mass is 127. The molecule has 1 amide bonds. The molecule has 0 atom stereocenters. The van der Waals surface area contributed by atoms with Crippen molar-refractivity contribution < 1.29 is 23.1 Å². The molecule has 29 heavy (non-hydrogen) atoms. The summed E-state index contributed by atoms with van der Waals surface area (Å²) in [5.41, 5.74) is 1.98. The summed E-state index contributed by atoms with van der Waals surface area (Å²) in [7, 11) is -3.82. The van der Waals surface area contributed by atoms with Crippen LogP contribution in [0.1, 0.15) is 19.4 Å². The van der Waals surface area contributed by atoms with Crippen LogP contribution in [0.2, 0.25) is 0 Å². The van der Waals surface area contributed by atoms with Crippen molar-refractivity contribution in [3.05, 3.63) is 51.1 Å². The predicted molar refractivity (Wildman–Crippen MR) is 118 cm³/mol. The Morgan fingerprint density at radius 3 is 2.52 bits per heavy atom. The Hall–Kier alpha value is -2.44. The molecule has 0 radical (unpaired) electrons. The second kappa shape index (κ2) is 8.13. The predicted octanol–water partition coefficient (Wildman–Crippen LogP) is 2.85. The van der Waals surface area contributed by atoms with Crippen molar-refractivity contribution in [2.24, 2.45) is 10.2 Å². The van der Waals surface area contributed by atoms with Gasteiger partial charge in [0.25, 0.3) is 5.91 Å². The molecule has 2 aromatic carbocycles. The lowest BCUT2D eigenvalue weighted by molar-refractivity contribution is -0.114. The normalized spacial score (nSPS) is 15.7. The Morgan fingerprint density at radius 1 is 1.28 bits per heavy atom. The molecule has 0 aromatic heterocycles. The van der Waals surface area contributed by atoms with Crippen LogP contribution in [0.25, 0.3) is 6.08 Å². The third-order valence-electron chi connectivity index (χ3n) is 4.13. The first-order chi connectivity index (χ1) is 13.6. The van der Waals surface area contributed by atoms with Gasteiger partial charge in [-0.1, -0.05) is 0 Å². The number of carbonyl (C=O) groups excluding carboxylic acids is 1. The summed E-state index contributed by atoms with van der Waals surface area (Å²) >= 11 is 1.99. The number of ether oxygens (including phenoxy) is 1. The van der Waals surface area contributed by atoms with Crippen LogP contribution in [-0.2, 0) is 14.8 Å². The third kappa shape index (κ3) is 4.43. The summed E-state index contributed by atoms with van der Waals surface area (Å²) in [6.45, 7) is 3.91. The Bertz CT molecular complexity index is 1140. The highest BCUT2D eigenvalue weighted by Gasteiger charge is 2.29. The van der Waals surface area contributed by atoms with Crippen molar-refractivity contribution >= 4 is 56.0 Å². The van der Waals surface area contributed by atoms with E-state index < -0.39 is 10.0 Å². The molecule has 1 aliphatic rings. The molecule has 8 nitrogen and oxygen atoms in total. The second-order valence-corrected chi connectivity index (χ2v) is 8.91. The minimum atomic E-state index is -3.82. The molecule has 3 rings (SSSR count). The summed E-state index contributed by atoms with van der Waals surface area (Å²) < 4.78 is 28.8. The van der Waals surface area contributed by atoms with Gasteiger partial charge in [-0.3, -0.25) is 4.79 Å². The second-order valence-electron chi connectivity index (χ2n) is 6.18. The Balaban J connectivity index is 1.94. The zero-order chi connectivity index (χ0) is 21.3. The number of phenolic OH excluding ortho intramolecular Hbond substituents is 1. The number of amides is 1. The van der Waals surface area contributed by atoms with Gasteiger partial charge in [0.1, 0.15) is 0 Å². The highest BCUT2D eigenvalue weighted by Crippen LogP contribution is 2.34. The number of hydrazone groups is 1. The van der Waals surface area contributed by atoms with Gasteiger partial charge in [-0.2, -0.15) is 10.1 Å². The summed E-state index contributed by atoms with van der Waals surface area (Å²) in [6.07, 6.45) is 1.67. The summed E-state index contributed by atoms with van der Waals surface area (Å²) in [4.78, 5) is 12.8. The van der Waals surface area contributed by atoms with E-state index in [1.54, 1.807) is 25.1 Å². The highest BCUT2D eigenvalue weighted by molar-refractivity contribution is 14.1. The van der Waals surface area contributed by atoms with E-state index in [2.05, 4.69) is 5.10 Å². The monoisotopic (exact) mass is 527 g/mol. The number of benzene rings is 2. The lowest BCUT2D eigenvalue weighted by Gasteiger charge is -2.12. The molecule has 1 heterocycles. The van der Waals surface area contributed by atoms with E-state index in [1.165, 1.54) is 29.3 Å². The van der Waals surface area contributed by atoms with Gasteiger partial charge < -0.3 is 9.84 Å². The van der Waals surface area contributed by atoms with Crippen LogP contribution in [0, 0.1) is 3.57 Å². The standard InChI is InChI=1S/C19H18IN3O5S/c1-3-28-17-10-12(9-16(20)18(17)24)8-15-11(2)22-23(19(15)25)13-4-6-14(7-5-13)29(21,26)27/h4-10,24H,3H2,1-2H3,(H2,21,26,27). The number of phenols is 1. The van der Waals surface area contributed by atoms with Crippen LogP contribution in [0.3, 0.4) is 0 Å². The Morgan fingerprint density at radius 2 is 1.93 bits per heavy atom. The van der Waals surface area contributed by atoms with Gasteiger partial charge in [-0.05, 0) is 84.5 Å². The van der Waals surface area contributed by atoms with Crippen molar-refractivity contribution in [2.45, 2.75) is 18.7 Å². The zero-order valence-corrected chi connectivity index (χ0v) is 18.6. The lowest BCUT2D eigenvalue weighted by atomic mass is 10.1. The van der Waals surface area contributed by atoms with Gasteiger partial charge in [-0.25, -0.2) is 13.6 Å². The molecule has 0 fully saturated rings. The topological polar surface area (TPSA) is 122 Å². The SMILES string of the molecule is CCOc1cc(C=C2C(=O)N(c3ccc(S(N)(=O)=O)cc3)N=C2C)cc(I)c1O. The number of nitrogens with zero attached hydrogens (tertiary/aromatic N) is 2. The van der Waals surface area contributed by atoms with Crippen LogP contribution in [-0.4, -0.2) is 31.8 Å². The fourth-order valence-corrected chi connectivity index (χ4v) is 3.89. The van der Waals surface area contributed by atoms with E-state index >= 15 is 0 Å². The number of rotatable bonds is 5. The number of sulfonamides is 1. The first-order valence-corrected chi connectivity index (χ1v) is 11.1. The fourth-order valence-electron chi connectivity index (χ4n) is 2.75. The molecule has 0 spiro atoms. The molecule has 1 aliphatic heterocycles. The minimum Gasteiger partial charge on any atom is -0.504 e. The average Bonchev–Trinajstić information content (AvgIpc) is 2.93. The van der Waals surface area contributed by atoms with E-state index in [4.69, 9.17) is 9.88 Å². The average molecular weight is 527 g/mol. The quantitative estimate of drug-likeness (QED) is 0.458. The number of hydrogen-bond donors (Lipinski definition) is 2. The lowest BCUT2D eigenvalue weighted by Crippen LogP contribution is -2.21. The van der Waals surface area contributed by atoms with Gasteiger partial charge in [0.15, 0.2) is 11.5 Å². The number of halogens is 1. The molecule has 0 saturated heterocycles. The molecule has 0 unspecified atom stereocenters. The molecule has 0 aliphatic carbocycles. The van der Waals surface area contributed by atoms with Crippen LogP contribution in [0.15, 0.2) is 52.0 Å². The van der Waals surface area contributed by atoms with Crippen molar-refractivity contribution in [1.29, 1.82) is 0 Å². The number of aromatic hydroxyl groups is 1. The van der Waals surface area contributed by atoms with Gasteiger partial charge in [-0.15, -0.1) is 0 Å². The van der Waals surface area contributed by atoms with Crippen LogP contribution < -0.4 is 14.9 Å². The van der Waals surface area contributed by atoms with E-state index in [-0.39, 0.29) is 16.6 Å². The van der Waals surface area contributed by atoms with E-state index in [0.717, 1.165) is 0 Å². The van der Waals surface area contributed by atoms with E-state index in [0.29, 0.717) is 38.5 Å². The largest absolute Gasteiger partial charge is 0.504 e. The minimum absolute atomic E-state index is 0.0496. The molecule has 3 N–H and O–H groups in total. The summed E-state index contributed by atoms with van der Waals surface area (Å²) in [5.74, 6) is 0.0305. The van der Waals surface area contributed by atoms with Crippen LogP contribution in [0.5, 0.6) is 11.5 Å². The third-order valence-corrected chi connectivity index (χ3v) is 5.89. The number of nitrogens with two attached hydrogens (primary N) is 1. The summed E-state index contributed by atoms with van der Waals surface area (Å²) in [5, 5.41) is 20.7. The Labute approximate surface area is 181 Å². The van der Waals surface area contributed by atoms with Gasteiger partial charge in [0, 0.05) is 0 Å². The molecule has 0 bridgehead atoms. The molecular formula is C19H18IN3O5S. The maximum atomic E-state index is 12.9. The molecular weight excluding hydrogens is 509 g/mol. The number of primary sulfonamides is 1. The zero-order valence-electron chi connectivity index (χ0n) is 15.6. The number of anilines is 1. The van der Waals surface area contributed by atoms with Gasteiger partial charge >= 0.3 is 0 Å². The maximum Gasteiger partial charge on any atom is 0.280 e. The van der Waals surface area contributed by atoms with E-state index in [1.807, 2.05) is 29.5 Å².